The Bertz CT molecular complexity index is 834. The van der Waals surface area contributed by atoms with E-state index >= 15 is 0 Å². The van der Waals surface area contributed by atoms with Gasteiger partial charge in [0.25, 0.3) is 0 Å². The zero-order valence-corrected chi connectivity index (χ0v) is 13.6. The first-order valence-corrected chi connectivity index (χ1v) is 7.28. The fourth-order valence-corrected chi connectivity index (χ4v) is 2.18. The molecule has 0 amide bonds. The number of hydrogen-bond acceptors (Lipinski definition) is 8. The van der Waals surface area contributed by atoms with Gasteiger partial charge in [-0.1, -0.05) is 5.16 Å². The topological polar surface area (TPSA) is 95.2 Å². The fraction of sp³-hybridized carbons (Fsp3) is 0.250. The second-order valence-corrected chi connectivity index (χ2v) is 5.02. The summed E-state index contributed by atoms with van der Waals surface area (Å²) in [5, 5.41) is 14.9. The first-order chi connectivity index (χ1) is 11.7. The molecule has 2 aromatic heterocycles. The van der Waals surface area contributed by atoms with Crippen LogP contribution in [0.1, 0.15) is 11.5 Å². The molecule has 0 aliphatic rings. The Morgan fingerprint density at radius 1 is 1.17 bits per heavy atom. The Hall–Kier alpha value is -3.16. The van der Waals surface area contributed by atoms with Crippen LogP contribution in [0.25, 0.3) is 11.3 Å². The highest BCUT2D eigenvalue weighted by Crippen LogP contribution is 2.32. The zero-order valence-electron chi connectivity index (χ0n) is 13.6. The second kappa shape index (κ2) is 6.95. The summed E-state index contributed by atoms with van der Waals surface area (Å²) >= 11 is 0. The molecule has 24 heavy (non-hydrogen) atoms. The lowest BCUT2D eigenvalue weighted by atomic mass is 10.1. The number of aromatic nitrogens is 4. The van der Waals surface area contributed by atoms with E-state index in [9.17, 15) is 0 Å². The fourth-order valence-electron chi connectivity index (χ4n) is 2.18. The van der Waals surface area contributed by atoms with Crippen molar-refractivity contribution in [3.63, 3.8) is 0 Å². The minimum atomic E-state index is 0.388. The summed E-state index contributed by atoms with van der Waals surface area (Å²) in [6.07, 6.45) is 1.58. The Labute approximate surface area is 138 Å². The summed E-state index contributed by atoms with van der Waals surface area (Å²) in [4.78, 5) is 4.46. The molecule has 0 bridgehead atoms. The maximum atomic E-state index is 5.40. The van der Waals surface area contributed by atoms with Gasteiger partial charge in [0.2, 0.25) is 5.95 Å². The minimum Gasteiger partial charge on any atom is -0.497 e. The van der Waals surface area contributed by atoms with E-state index in [1.807, 2.05) is 25.1 Å². The summed E-state index contributed by atoms with van der Waals surface area (Å²) in [6, 6.07) is 7.34. The Balaban J connectivity index is 1.82. The minimum absolute atomic E-state index is 0.388. The van der Waals surface area contributed by atoms with Gasteiger partial charge in [0, 0.05) is 17.7 Å². The van der Waals surface area contributed by atoms with Gasteiger partial charge >= 0.3 is 0 Å². The van der Waals surface area contributed by atoms with Gasteiger partial charge in [-0.25, -0.2) is 4.98 Å². The van der Waals surface area contributed by atoms with Gasteiger partial charge in [-0.05, 0) is 19.1 Å². The third-order valence-corrected chi connectivity index (χ3v) is 3.34. The van der Waals surface area contributed by atoms with E-state index < -0.39 is 0 Å². The monoisotopic (exact) mass is 327 g/mol. The van der Waals surface area contributed by atoms with Crippen LogP contribution in [0.3, 0.4) is 0 Å². The number of rotatable bonds is 6. The van der Waals surface area contributed by atoms with Crippen molar-refractivity contribution >= 4 is 5.95 Å². The molecular weight excluding hydrogens is 310 g/mol. The third kappa shape index (κ3) is 3.43. The van der Waals surface area contributed by atoms with Gasteiger partial charge in [-0.2, -0.15) is 5.10 Å². The molecule has 0 aliphatic carbocycles. The molecule has 0 fully saturated rings. The highest BCUT2D eigenvalue weighted by molar-refractivity contribution is 5.68. The van der Waals surface area contributed by atoms with Crippen LogP contribution >= 0.6 is 0 Å². The number of nitrogens with one attached hydrogen (secondary N) is 1. The van der Waals surface area contributed by atoms with E-state index in [0.717, 1.165) is 11.3 Å². The molecule has 1 N–H and O–H groups in total. The molecule has 0 saturated heterocycles. The van der Waals surface area contributed by atoms with E-state index in [2.05, 4.69) is 25.7 Å². The van der Waals surface area contributed by atoms with E-state index in [1.165, 1.54) is 0 Å². The molecule has 1 aromatic carbocycles. The van der Waals surface area contributed by atoms with Gasteiger partial charge in [0.05, 0.1) is 38.3 Å². The number of aryl methyl sites for hydroxylation is 1. The number of ether oxygens (including phenoxy) is 2. The third-order valence-electron chi connectivity index (χ3n) is 3.34. The van der Waals surface area contributed by atoms with Crippen molar-refractivity contribution < 1.29 is 14.0 Å². The molecule has 0 atom stereocenters. The zero-order chi connectivity index (χ0) is 16.9. The highest BCUT2D eigenvalue weighted by Gasteiger charge is 2.11. The first-order valence-electron chi connectivity index (χ1n) is 7.28. The molecular formula is C16H17N5O3. The van der Waals surface area contributed by atoms with Crippen LogP contribution in [-0.4, -0.2) is 34.6 Å². The van der Waals surface area contributed by atoms with Crippen molar-refractivity contribution in [2.45, 2.75) is 13.5 Å². The quantitative estimate of drug-likeness (QED) is 0.737. The average Bonchev–Trinajstić information content (AvgIpc) is 3.05. The summed E-state index contributed by atoms with van der Waals surface area (Å²) in [5.41, 5.74) is 2.26. The molecule has 3 rings (SSSR count). The molecule has 2 heterocycles. The molecule has 8 heteroatoms. The van der Waals surface area contributed by atoms with Gasteiger partial charge in [0.15, 0.2) is 5.76 Å². The predicted octanol–water partition coefficient (Wildman–Crippen LogP) is 2.46. The normalized spacial score (nSPS) is 10.5. The van der Waals surface area contributed by atoms with E-state index in [4.69, 9.17) is 14.0 Å². The van der Waals surface area contributed by atoms with Crippen molar-refractivity contribution in [2.75, 3.05) is 19.5 Å². The molecule has 0 radical (unpaired) electrons. The predicted molar refractivity (Wildman–Crippen MR) is 86.9 cm³/mol. The summed E-state index contributed by atoms with van der Waals surface area (Å²) < 4.78 is 15.7. The van der Waals surface area contributed by atoms with Crippen LogP contribution in [0.2, 0.25) is 0 Å². The highest BCUT2D eigenvalue weighted by atomic mass is 16.5. The lowest BCUT2D eigenvalue weighted by Crippen LogP contribution is -2.05. The Morgan fingerprint density at radius 2 is 2.04 bits per heavy atom. The average molecular weight is 327 g/mol. The summed E-state index contributed by atoms with van der Waals surface area (Å²) in [5.74, 6) is 2.44. The molecule has 124 valence electrons. The van der Waals surface area contributed by atoms with Crippen molar-refractivity contribution in [2.24, 2.45) is 0 Å². The van der Waals surface area contributed by atoms with Crippen LogP contribution in [0.4, 0.5) is 5.95 Å². The molecule has 8 nitrogen and oxygen atoms in total. The van der Waals surface area contributed by atoms with Crippen LogP contribution in [0.15, 0.2) is 35.0 Å². The Morgan fingerprint density at radius 3 is 2.75 bits per heavy atom. The van der Waals surface area contributed by atoms with Crippen molar-refractivity contribution in [3.05, 3.63) is 41.9 Å². The Kier molecular flexibility index (Phi) is 4.55. The van der Waals surface area contributed by atoms with Gasteiger partial charge in [-0.15, -0.1) is 5.10 Å². The number of methoxy groups -OCH3 is 2. The van der Waals surface area contributed by atoms with Crippen LogP contribution in [-0.2, 0) is 6.54 Å². The standard InChI is InChI=1S/C16H17N5O3/c1-10-6-12(24-21-10)8-17-16-19-14(9-18-20-16)13-5-4-11(22-2)7-15(13)23-3/h4-7,9H,8H2,1-3H3,(H,17,19,20). The van der Waals surface area contributed by atoms with Crippen LogP contribution in [0.5, 0.6) is 11.5 Å². The molecule has 3 aromatic rings. The maximum Gasteiger partial charge on any atom is 0.243 e. The molecule has 0 unspecified atom stereocenters. The lowest BCUT2D eigenvalue weighted by Gasteiger charge is -2.10. The van der Waals surface area contributed by atoms with E-state index in [0.29, 0.717) is 35.4 Å². The number of anilines is 1. The maximum absolute atomic E-state index is 5.40. The van der Waals surface area contributed by atoms with Gasteiger partial charge in [-0.3, -0.25) is 0 Å². The largest absolute Gasteiger partial charge is 0.497 e. The van der Waals surface area contributed by atoms with E-state index in [1.54, 1.807) is 26.5 Å². The first kappa shape index (κ1) is 15.7. The van der Waals surface area contributed by atoms with E-state index in [-0.39, 0.29) is 0 Å². The second-order valence-electron chi connectivity index (χ2n) is 5.02. The number of nitrogens with zero attached hydrogens (tertiary/aromatic N) is 4. The van der Waals surface area contributed by atoms with Crippen molar-refractivity contribution in [3.8, 4) is 22.8 Å². The van der Waals surface area contributed by atoms with Crippen LogP contribution in [0, 0.1) is 6.92 Å². The smallest absolute Gasteiger partial charge is 0.243 e. The molecule has 0 aliphatic heterocycles. The SMILES string of the molecule is COc1ccc(-c2cnnc(NCc3cc(C)no3)n2)c(OC)c1. The van der Waals surface area contributed by atoms with Crippen molar-refractivity contribution in [1.29, 1.82) is 0 Å². The van der Waals surface area contributed by atoms with Crippen LogP contribution < -0.4 is 14.8 Å². The summed E-state index contributed by atoms with van der Waals surface area (Å²) in [7, 11) is 3.20. The lowest BCUT2D eigenvalue weighted by molar-refractivity contribution is 0.384. The number of benzene rings is 1. The molecule has 0 saturated carbocycles. The molecule has 0 spiro atoms. The number of hydrogen-bond donors (Lipinski definition) is 1. The van der Waals surface area contributed by atoms with Crippen molar-refractivity contribution in [1.82, 2.24) is 20.3 Å². The van der Waals surface area contributed by atoms with Gasteiger partial charge < -0.3 is 19.3 Å². The summed E-state index contributed by atoms with van der Waals surface area (Å²) in [6.45, 7) is 2.29. The van der Waals surface area contributed by atoms with Gasteiger partial charge in [0.1, 0.15) is 11.5 Å².